The molecule has 0 aliphatic heterocycles. The lowest BCUT2D eigenvalue weighted by atomic mass is 10.1. The maximum Gasteiger partial charge on any atom is 0.337 e. The van der Waals surface area contributed by atoms with Crippen molar-refractivity contribution in [1.82, 2.24) is 4.98 Å². The van der Waals surface area contributed by atoms with Crippen LogP contribution in [0.5, 0.6) is 5.75 Å². The lowest BCUT2D eigenvalue weighted by Gasteiger charge is -2.09. The molecule has 4 nitrogen and oxygen atoms in total. The smallest absolute Gasteiger partial charge is 0.337 e. The van der Waals surface area contributed by atoms with Crippen molar-refractivity contribution in [3.63, 3.8) is 0 Å². The van der Waals surface area contributed by atoms with Gasteiger partial charge in [-0.1, -0.05) is 24.4 Å². The van der Waals surface area contributed by atoms with Crippen molar-refractivity contribution in [2.75, 3.05) is 6.61 Å². The summed E-state index contributed by atoms with van der Waals surface area (Å²) < 4.78 is 6.05. The summed E-state index contributed by atoms with van der Waals surface area (Å²) in [6.07, 6.45) is 0. The van der Waals surface area contributed by atoms with Gasteiger partial charge in [0.2, 0.25) is 0 Å². The average molecular weight is 325 g/mol. The van der Waals surface area contributed by atoms with Crippen LogP contribution in [-0.4, -0.2) is 22.7 Å². The number of ether oxygens (including phenoxy) is 1. The molecule has 1 aromatic heterocycles. The Bertz CT molecular complexity index is 929. The van der Waals surface area contributed by atoms with Crippen LogP contribution in [0.25, 0.3) is 22.2 Å². The number of carboxylic acids is 1. The predicted octanol–water partition coefficient (Wildman–Crippen LogP) is 4.66. The van der Waals surface area contributed by atoms with Gasteiger partial charge in [0, 0.05) is 15.6 Å². The highest BCUT2D eigenvalue weighted by atomic mass is 32.1. The zero-order chi connectivity index (χ0) is 16.4. The van der Waals surface area contributed by atoms with Crippen molar-refractivity contribution in [2.45, 2.75) is 6.92 Å². The van der Waals surface area contributed by atoms with Gasteiger partial charge in [-0.3, -0.25) is 0 Å². The maximum absolute atomic E-state index is 11.4. The van der Waals surface area contributed by atoms with E-state index in [4.69, 9.17) is 17.0 Å². The number of carbonyl (C=O) groups is 1. The minimum Gasteiger partial charge on any atom is -0.494 e. The Kier molecular flexibility index (Phi) is 4.12. The van der Waals surface area contributed by atoms with Crippen molar-refractivity contribution >= 4 is 29.1 Å². The van der Waals surface area contributed by atoms with Crippen LogP contribution in [0.1, 0.15) is 17.3 Å². The van der Waals surface area contributed by atoms with Gasteiger partial charge in [0.25, 0.3) is 0 Å². The summed E-state index contributed by atoms with van der Waals surface area (Å²) in [6.45, 7) is 2.54. The Balaban J connectivity index is 2.17. The number of hydrogen-bond donors (Lipinski definition) is 2. The van der Waals surface area contributed by atoms with Gasteiger partial charge in [0.05, 0.1) is 17.7 Å². The first kappa shape index (κ1) is 15.2. The molecule has 2 N–H and O–H groups in total. The van der Waals surface area contributed by atoms with Crippen LogP contribution in [0.2, 0.25) is 0 Å². The Morgan fingerprint density at radius 3 is 2.61 bits per heavy atom. The molecule has 3 aromatic rings. The van der Waals surface area contributed by atoms with Crippen LogP contribution in [0.4, 0.5) is 0 Å². The molecule has 0 atom stereocenters. The molecule has 23 heavy (non-hydrogen) atoms. The summed E-state index contributed by atoms with van der Waals surface area (Å²) in [6, 6.07) is 14.5. The molecule has 0 fully saturated rings. The van der Waals surface area contributed by atoms with Crippen LogP contribution in [0.15, 0.2) is 48.5 Å². The molecule has 0 saturated carbocycles. The first-order valence-electron chi connectivity index (χ1n) is 7.22. The number of para-hydroxylation sites is 1. The summed E-state index contributed by atoms with van der Waals surface area (Å²) in [7, 11) is 0. The summed E-state index contributed by atoms with van der Waals surface area (Å²) in [4.78, 5) is 14.6. The Hall–Kier alpha value is -2.66. The Morgan fingerprint density at radius 1 is 1.22 bits per heavy atom. The first-order chi connectivity index (χ1) is 11.1. The topological polar surface area (TPSA) is 62.3 Å². The molecule has 0 aliphatic carbocycles. The number of fused-ring (bicyclic) bond motifs is 1. The number of H-pyrrole nitrogens is 1. The van der Waals surface area contributed by atoms with Gasteiger partial charge >= 0.3 is 5.97 Å². The first-order valence-corrected chi connectivity index (χ1v) is 7.63. The van der Waals surface area contributed by atoms with E-state index in [1.54, 1.807) is 12.1 Å². The van der Waals surface area contributed by atoms with Gasteiger partial charge in [0.15, 0.2) is 0 Å². The van der Waals surface area contributed by atoms with Crippen LogP contribution in [-0.2, 0) is 0 Å². The molecule has 3 rings (SSSR count). The second-order valence-corrected chi connectivity index (χ2v) is 5.48. The van der Waals surface area contributed by atoms with Crippen LogP contribution in [0.3, 0.4) is 0 Å². The molecule has 0 amide bonds. The van der Waals surface area contributed by atoms with E-state index in [-0.39, 0.29) is 5.56 Å². The molecule has 1 heterocycles. The molecule has 0 aliphatic rings. The number of pyridine rings is 1. The molecule has 0 radical (unpaired) electrons. The lowest BCUT2D eigenvalue weighted by Crippen LogP contribution is -1.99. The highest BCUT2D eigenvalue weighted by Crippen LogP contribution is 2.26. The van der Waals surface area contributed by atoms with Crippen molar-refractivity contribution < 1.29 is 14.6 Å². The lowest BCUT2D eigenvalue weighted by molar-refractivity contribution is 0.0699. The van der Waals surface area contributed by atoms with E-state index in [1.807, 2.05) is 43.3 Å². The number of aromatic carboxylic acids is 1. The zero-order valence-electron chi connectivity index (χ0n) is 12.5. The van der Waals surface area contributed by atoms with Gasteiger partial charge < -0.3 is 14.8 Å². The summed E-state index contributed by atoms with van der Waals surface area (Å²) in [5.74, 6) is -0.188. The third kappa shape index (κ3) is 2.96. The number of benzene rings is 2. The Labute approximate surface area is 138 Å². The predicted molar refractivity (Wildman–Crippen MR) is 92.7 cm³/mol. The second kappa shape index (κ2) is 6.22. The largest absolute Gasteiger partial charge is 0.494 e. The number of aromatic nitrogens is 1. The third-order valence-electron chi connectivity index (χ3n) is 3.57. The minimum absolute atomic E-state index is 0.210. The van der Waals surface area contributed by atoms with Crippen molar-refractivity contribution in [2.24, 2.45) is 0 Å². The number of hydrogen-bond acceptors (Lipinski definition) is 3. The number of nitrogens with one attached hydrogen (secondary N) is 1. The summed E-state index contributed by atoms with van der Waals surface area (Å²) >= 11 is 5.42. The van der Waals surface area contributed by atoms with E-state index < -0.39 is 5.97 Å². The van der Waals surface area contributed by atoms with Crippen molar-refractivity contribution in [1.29, 1.82) is 0 Å². The van der Waals surface area contributed by atoms with Crippen LogP contribution >= 0.6 is 12.2 Å². The monoisotopic (exact) mass is 325 g/mol. The number of rotatable bonds is 4. The normalized spacial score (nSPS) is 10.7. The third-order valence-corrected chi connectivity index (χ3v) is 3.91. The van der Waals surface area contributed by atoms with Gasteiger partial charge in [-0.25, -0.2) is 4.79 Å². The van der Waals surface area contributed by atoms with E-state index in [1.165, 1.54) is 0 Å². The average Bonchev–Trinajstić information content (AvgIpc) is 2.55. The zero-order valence-corrected chi connectivity index (χ0v) is 13.3. The molecule has 0 bridgehead atoms. The summed E-state index contributed by atoms with van der Waals surface area (Å²) in [5, 5.41) is 10.1. The van der Waals surface area contributed by atoms with Gasteiger partial charge in [-0.15, -0.1) is 0 Å². The molecular weight excluding hydrogens is 310 g/mol. The highest BCUT2D eigenvalue weighted by molar-refractivity contribution is 7.71. The molecule has 5 heteroatoms. The van der Waals surface area contributed by atoms with E-state index in [0.717, 1.165) is 22.4 Å². The molecule has 0 spiro atoms. The maximum atomic E-state index is 11.4. The molecule has 116 valence electrons. The second-order valence-electron chi connectivity index (χ2n) is 5.04. The van der Waals surface area contributed by atoms with E-state index in [0.29, 0.717) is 16.6 Å². The van der Waals surface area contributed by atoms with Gasteiger partial charge in [-0.2, -0.15) is 0 Å². The van der Waals surface area contributed by atoms with Gasteiger partial charge in [-0.05, 0) is 48.9 Å². The summed E-state index contributed by atoms with van der Waals surface area (Å²) in [5.41, 5.74) is 2.44. The Morgan fingerprint density at radius 2 is 1.96 bits per heavy atom. The molecular formula is C18H15NO3S. The van der Waals surface area contributed by atoms with E-state index in [2.05, 4.69) is 4.98 Å². The number of aromatic amines is 1. The van der Waals surface area contributed by atoms with Crippen molar-refractivity contribution in [3.05, 3.63) is 58.6 Å². The fourth-order valence-corrected chi connectivity index (χ4v) is 2.79. The van der Waals surface area contributed by atoms with E-state index >= 15 is 0 Å². The molecule has 0 unspecified atom stereocenters. The quantitative estimate of drug-likeness (QED) is 0.685. The SMILES string of the molecule is CCOc1ccc(-c2cc(=S)c3cccc(C(=O)O)c3[nH]2)cc1. The molecule has 0 saturated heterocycles. The van der Waals surface area contributed by atoms with Crippen LogP contribution < -0.4 is 4.74 Å². The van der Waals surface area contributed by atoms with Crippen LogP contribution in [0, 0.1) is 4.51 Å². The fraction of sp³-hybridized carbons (Fsp3) is 0.111. The number of carboxylic acid groups (broad SMARTS) is 1. The van der Waals surface area contributed by atoms with Crippen molar-refractivity contribution in [3.8, 4) is 17.0 Å². The molecule has 2 aromatic carbocycles. The fourth-order valence-electron chi connectivity index (χ4n) is 2.50. The van der Waals surface area contributed by atoms with Gasteiger partial charge in [0.1, 0.15) is 5.75 Å². The minimum atomic E-state index is -0.981. The standard InChI is InChI=1S/C18H15NO3S/c1-2-22-12-8-6-11(7-9-12)15-10-16(23)13-4-3-5-14(18(20)21)17(13)19-15/h3-10H,2H2,1H3,(H,19,23)(H,20,21). The van der Waals surface area contributed by atoms with E-state index in [9.17, 15) is 9.90 Å². The highest BCUT2D eigenvalue weighted by Gasteiger charge is 2.11.